The smallest absolute Gasteiger partial charge is 0.382 e. The van der Waals surface area contributed by atoms with Crippen LogP contribution < -0.4 is 21.3 Å². The zero-order chi connectivity index (χ0) is 23.7. The lowest BCUT2D eigenvalue weighted by Gasteiger charge is -2.46. The number of halogens is 3. The number of rotatable bonds is 4. The Morgan fingerprint density at radius 2 is 2.09 bits per heavy atom. The third-order valence-electron chi connectivity index (χ3n) is 7.02. The van der Waals surface area contributed by atoms with E-state index in [9.17, 15) is 18.0 Å². The number of nitrogens with one attached hydrogen (secondary N) is 2. The summed E-state index contributed by atoms with van der Waals surface area (Å²) in [6, 6.07) is 7.89. The van der Waals surface area contributed by atoms with E-state index in [0.717, 1.165) is 60.6 Å². The molecule has 11 heteroatoms. The second kappa shape index (κ2) is 7.46. The Labute approximate surface area is 197 Å². The number of nitrogen functional groups attached to an aromatic ring is 1. The van der Waals surface area contributed by atoms with E-state index in [1.165, 1.54) is 0 Å². The van der Waals surface area contributed by atoms with Gasteiger partial charge in [0.1, 0.15) is 10.6 Å². The first kappa shape index (κ1) is 21.5. The van der Waals surface area contributed by atoms with Gasteiger partial charge in [-0.1, -0.05) is 6.07 Å². The molecule has 2 aromatic heterocycles. The number of benzene rings is 1. The molecule has 0 atom stereocenters. The van der Waals surface area contributed by atoms with Crippen molar-refractivity contribution in [1.82, 2.24) is 9.97 Å². The number of fused-ring (bicyclic) bond motifs is 2. The van der Waals surface area contributed by atoms with Crippen LogP contribution in [-0.4, -0.2) is 41.2 Å². The largest absolute Gasteiger partial charge is 0.393 e. The average molecular weight is 489 g/mol. The lowest BCUT2D eigenvalue weighted by Crippen LogP contribution is -2.46. The highest BCUT2D eigenvalue weighted by molar-refractivity contribution is 7.18. The standard InChI is InChI=1S/C23H23F3N6OS/c24-23(25,26)10-15-7-16-19(30-21(27)31-20(16)34-15)32-4-3-22(11-32)8-14(9-22)28-13-2-1-12-5-18(33)29-17(12)6-13/h1-2,6-7,14,28H,3-5,8-11H2,(H,29,33)(H2,27,30,31). The first-order valence-electron chi connectivity index (χ1n) is 11.2. The number of amides is 1. The Bertz CT molecular complexity index is 1300. The number of hydrogen-bond donors (Lipinski definition) is 3. The number of carbonyl (C=O) groups is 1. The summed E-state index contributed by atoms with van der Waals surface area (Å²) in [6.07, 6.45) is -1.82. The average Bonchev–Trinajstić information content (AvgIpc) is 3.41. The minimum Gasteiger partial charge on any atom is -0.382 e. The zero-order valence-corrected chi connectivity index (χ0v) is 19.0. The molecule has 3 aromatic rings. The molecule has 1 amide bonds. The SMILES string of the molecule is Nc1nc(N2CCC3(CC(Nc4ccc5c(c4)NC(=O)C5)C3)C2)c2cc(CC(F)(F)F)sc2n1. The van der Waals surface area contributed by atoms with Crippen LogP contribution in [0.15, 0.2) is 24.3 Å². The third-order valence-corrected chi connectivity index (χ3v) is 8.05. The van der Waals surface area contributed by atoms with Crippen LogP contribution in [0.5, 0.6) is 0 Å². The summed E-state index contributed by atoms with van der Waals surface area (Å²) in [7, 11) is 0. The second-order valence-electron chi connectivity index (χ2n) is 9.65. The van der Waals surface area contributed by atoms with Gasteiger partial charge >= 0.3 is 6.18 Å². The maximum absolute atomic E-state index is 12.9. The highest BCUT2D eigenvalue weighted by Crippen LogP contribution is 2.50. The highest BCUT2D eigenvalue weighted by atomic mass is 32.1. The summed E-state index contributed by atoms with van der Waals surface area (Å²) < 4.78 is 38.7. The van der Waals surface area contributed by atoms with E-state index in [-0.39, 0.29) is 22.1 Å². The van der Waals surface area contributed by atoms with Gasteiger partial charge in [0.2, 0.25) is 11.9 Å². The van der Waals surface area contributed by atoms with Gasteiger partial charge in [0.15, 0.2) is 0 Å². The number of aromatic nitrogens is 2. The normalized spacial score (nSPS) is 23.9. The lowest BCUT2D eigenvalue weighted by atomic mass is 9.65. The number of thiophene rings is 1. The molecule has 0 bridgehead atoms. The molecular formula is C23H23F3N6OS. The predicted octanol–water partition coefficient (Wildman–Crippen LogP) is 4.34. The minimum absolute atomic E-state index is 0.0245. The van der Waals surface area contributed by atoms with Crippen molar-refractivity contribution < 1.29 is 18.0 Å². The molecule has 178 valence electrons. The molecule has 4 heterocycles. The van der Waals surface area contributed by atoms with Crippen molar-refractivity contribution in [2.24, 2.45) is 5.41 Å². The van der Waals surface area contributed by atoms with Crippen LogP contribution in [0.25, 0.3) is 10.2 Å². The third kappa shape index (κ3) is 3.91. The van der Waals surface area contributed by atoms with E-state index in [1.54, 1.807) is 6.07 Å². The molecule has 1 aromatic carbocycles. The molecule has 1 aliphatic carbocycles. The molecule has 0 unspecified atom stereocenters. The number of nitrogens with zero attached hydrogens (tertiary/aromatic N) is 3. The predicted molar refractivity (Wildman–Crippen MR) is 126 cm³/mol. The molecule has 4 N–H and O–H groups in total. The van der Waals surface area contributed by atoms with E-state index in [4.69, 9.17) is 5.73 Å². The molecule has 2 aliphatic heterocycles. The van der Waals surface area contributed by atoms with Crippen molar-refractivity contribution in [3.8, 4) is 0 Å². The maximum Gasteiger partial charge on any atom is 0.393 e. The quantitative estimate of drug-likeness (QED) is 0.506. The monoisotopic (exact) mass is 488 g/mol. The van der Waals surface area contributed by atoms with Crippen LogP contribution >= 0.6 is 11.3 Å². The van der Waals surface area contributed by atoms with Crippen LogP contribution in [0, 0.1) is 5.41 Å². The lowest BCUT2D eigenvalue weighted by molar-refractivity contribution is -0.126. The van der Waals surface area contributed by atoms with Crippen molar-refractivity contribution in [3.05, 3.63) is 34.7 Å². The van der Waals surface area contributed by atoms with Gasteiger partial charge in [-0.15, -0.1) is 11.3 Å². The van der Waals surface area contributed by atoms with Gasteiger partial charge < -0.3 is 21.3 Å². The maximum atomic E-state index is 12.9. The number of hydrogen-bond acceptors (Lipinski definition) is 7. The van der Waals surface area contributed by atoms with Crippen molar-refractivity contribution >= 4 is 50.6 Å². The first-order chi connectivity index (χ1) is 16.1. The molecule has 2 fully saturated rings. The van der Waals surface area contributed by atoms with Crippen LogP contribution in [0.4, 0.5) is 36.3 Å². The number of alkyl halides is 3. The van der Waals surface area contributed by atoms with Gasteiger partial charge in [-0.2, -0.15) is 18.2 Å². The molecule has 3 aliphatic rings. The topological polar surface area (TPSA) is 96.2 Å². The van der Waals surface area contributed by atoms with E-state index >= 15 is 0 Å². The fraction of sp³-hybridized carbons (Fsp3) is 0.435. The second-order valence-corrected chi connectivity index (χ2v) is 10.8. The van der Waals surface area contributed by atoms with Crippen molar-refractivity contribution in [3.63, 3.8) is 0 Å². The van der Waals surface area contributed by atoms with E-state index in [1.807, 2.05) is 18.2 Å². The van der Waals surface area contributed by atoms with Gasteiger partial charge in [-0.3, -0.25) is 4.79 Å². The summed E-state index contributed by atoms with van der Waals surface area (Å²) in [6.45, 7) is 1.58. The van der Waals surface area contributed by atoms with Crippen molar-refractivity contribution in [1.29, 1.82) is 0 Å². The Kier molecular flexibility index (Phi) is 4.71. The van der Waals surface area contributed by atoms with Crippen LogP contribution in [-0.2, 0) is 17.6 Å². The molecule has 34 heavy (non-hydrogen) atoms. The van der Waals surface area contributed by atoms with Crippen LogP contribution in [0.3, 0.4) is 0 Å². The van der Waals surface area contributed by atoms with Gasteiger partial charge in [-0.25, -0.2) is 4.98 Å². The number of carbonyl (C=O) groups excluding carboxylic acids is 1. The summed E-state index contributed by atoms with van der Waals surface area (Å²) >= 11 is 1.03. The Balaban J connectivity index is 1.15. The van der Waals surface area contributed by atoms with E-state index in [0.29, 0.717) is 28.5 Å². The van der Waals surface area contributed by atoms with Gasteiger partial charge in [-0.05, 0) is 48.4 Å². The molecule has 7 nitrogen and oxygen atoms in total. The fourth-order valence-corrected chi connectivity index (χ4v) is 6.64. The molecule has 1 saturated carbocycles. The summed E-state index contributed by atoms with van der Waals surface area (Å²) in [5.41, 5.74) is 8.95. The Hall–Kier alpha value is -3.08. The van der Waals surface area contributed by atoms with E-state index in [2.05, 4.69) is 25.5 Å². The summed E-state index contributed by atoms with van der Waals surface area (Å²) in [4.78, 5) is 23.0. The molecule has 0 radical (unpaired) electrons. The number of anilines is 4. The van der Waals surface area contributed by atoms with Gasteiger partial charge in [0, 0.05) is 35.4 Å². The molecule has 1 spiro atoms. The molecule has 6 rings (SSSR count). The Morgan fingerprint density at radius 1 is 1.26 bits per heavy atom. The fourth-order valence-electron chi connectivity index (χ4n) is 5.57. The van der Waals surface area contributed by atoms with Crippen LogP contribution in [0.2, 0.25) is 0 Å². The highest BCUT2D eigenvalue weighted by Gasteiger charge is 2.49. The van der Waals surface area contributed by atoms with Gasteiger partial charge in [0.05, 0.1) is 18.2 Å². The number of nitrogens with two attached hydrogens (primary N) is 1. The zero-order valence-electron chi connectivity index (χ0n) is 18.2. The summed E-state index contributed by atoms with van der Waals surface area (Å²) in [5, 5.41) is 7.10. The van der Waals surface area contributed by atoms with Crippen molar-refractivity contribution in [2.45, 2.75) is 44.3 Å². The molecule has 1 saturated heterocycles. The summed E-state index contributed by atoms with van der Waals surface area (Å²) in [5.74, 6) is 0.743. The first-order valence-corrected chi connectivity index (χ1v) is 12.0. The Morgan fingerprint density at radius 3 is 2.88 bits per heavy atom. The van der Waals surface area contributed by atoms with Crippen molar-refractivity contribution in [2.75, 3.05) is 34.4 Å². The van der Waals surface area contributed by atoms with E-state index < -0.39 is 12.6 Å². The molecular weight excluding hydrogens is 465 g/mol. The van der Waals surface area contributed by atoms with Gasteiger partial charge in [0.25, 0.3) is 0 Å². The minimum atomic E-state index is -4.27. The van der Waals surface area contributed by atoms with Crippen LogP contribution in [0.1, 0.15) is 29.7 Å².